The van der Waals surface area contributed by atoms with E-state index in [9.17, 15) is 13.8 Å². The maximum atomic E-state index is 13.3. The molecule has 1 unspecified atom stereocenters. The minimum absolute atomic E-state index is 0.0609. The molecule has 0 spiro atoms. The third kappa shape index (κ3) is 7.38. The Morgan fingerprint density at radius 2 is 1.29 bits per heavy atom. The van der Waals surface area contributed by atoms with Crippen molar-refractivity contribution in [2.45, 2.75) is 69.6 Å². The van der Waals surface area contributed by atoms with Crippen LogP contribution in [0.4, 0.5) is 0 Å². The number of benzene rings is 4. The summed E-state index contributed by atoms with van der Waals surface area (Å²) >= 11 is -2.08. The number of aliphatic hydroxyl groups is 1. The van der Waals surface area contributed by atoms with E-state index in [4.69, 9.17) is 13.3 Å². The van der Waals surface area contributed by atoms with Crippen LogP contribution in [-0.2, 0) is 33.4 Å². The number of rotatable bonds is 12. The molecule has 0 aliphatic heterocycles. The van der Waals surface area contributed by atoms with Crippen LogP contribution in [0.25, 0.3) is 0 Å². The fourth-order valence-corrected chi connectivity index (χ4v) is 7.53. The van der Waals surface area contributed by atoms with Gasteiger partial charge < -0.3 is 0 Å². The van der Waals surface area contributed by atoms with Gasteiger partial charge in [-0.3, -0.25) is 4.79 Å². The zero-order chi connectivity index (χ0) is 31.9. The molecule has 0 amide bonds. The second kappa shape index (κ2) is 14.5. The number of aliphatic hydroxyl groups excluding tert-OH is 1. The summed E-state index contributed by atoms with van der Waals surface area (Å²) in [6, 6.07) is 31.7. The zero-order valence-corrected chi connectivity index (χ0v) is 27.3. The Morgan fingerprint density at radius 3 is 1.80 bits per heavy atom. The fraction of sp³-hybridized carbons (Fsp3) is 0.342. The topological polar surface area (TPSA) is 82.1 Å². The molecule has 1 N–H and O–H groups in total. The van der Waals surface area contributed by atoms with Crippen LogP contribution in [-0.4, -0.2) is 24.8 Å². The number of hydrogen-bond acceptors (Lipinski definition) is 6. The van der Waals surface area contributed by atoms with E-state index in [1.54, 1.807) is 19.2 Å². The molecule has 4 aromatic carbocycles. The average molecular weight is 654 g/mol. The SMILES string of the molecule is COc1ccc(C2(c3cc[c]([Co](=[O])[O]c4ccc(C(C)(CCCO)c5ccc(OC(C)=O)cc5)cc4)cc3)CCCCC2)cc1. The van der Waals surface area contributed by atoms with Crippen molar-refractivity contribution in [3.8, 4) is 17.2 Å². The Balaban J connectivity index is 1.32. The van der Waals surface area contributed by atoms with Gasteiger partial charge in [-0.15, -0.1) is 0 Å². The molecule has 0 saturated heterocycles. The van der Waals surface area contributed by atoms with Gasteiger partial charge in [-0.2, -0.15) is 0 Å². The molecule has 0 heterocycles. The van der Waals surface area contributed by atoms with Gasteiger partial charge in [0.25, 0.3) is 0 Å². The third-order valence-electron chi connectivity index (χ3n) is 9.11. The Kier molecular flexibility index (Phi) is 10.5. The van der Waals surface area contributed by atoms with E-state index in [1.807, 2.05) is 60.7 Å². The molecule has 7 heteroatoms. The van der Waals surface area contributed by atoms with Crippen LogP contribution in [0.2, 0.25) is 0 Å². The molecule has 0 radical (unpaired) electrons. The molecule has 1 atom stereocenters. The second-order valence-electron chi connectivity index (χ2n) is 11.9. The summed E-state index contributed by atoms with van der Waals surface area (Å²) in [5.41, 5.74) is 4.16. The first kappa shape index (κ1) is 32.6. The summed E-state index contributed by atoms with van der Waals surface area (Å²) in [6.07, 6.45) is 7.12. The van der Waals surface area contributed by atoms with Crippen LogP contribution in [0, 0.1) is 0 Å². The summed E-state index contributed by atoms with van der Waals surface area (Å²) in [5.74, 6) is 1.51. The first-order valence-electron chi connectivity index (χ1n) is 15.5. The molecule has 1 fully saturated rings. The van der Waals surface area contributed by atoms with Gasteiger partial charge in [-0.05, 0) is 0 Å². The van der Waals surface area contributed by atoms with E-state index in [-0.39, 0.29) is 18.0 Å². The van der Waals surface area contributed by atoms with Crippen molar-refractivity contribution >= 4 is 10.5 Å². The molecular formula is C38H42CoO6. The van der Waals surface area contributed by atoms with Gasteiger partial charge in [0.15, 0.2) is 0 Å². The van der Waals surface area contributed by atoms with Crippen LogP contribution < -0.4 is 17.8 Å². The molecule has 0 bridgehead atoms. The van der Waals surface area contributed by atoms with Crippen LogP contribution >= 0.6 is 0 Å². The molecule has 1 aliphatic rings. The van der Waals surface area contributed by atoms with Gasteiger partial charge in [0.2, 0.25) is 0 Å². The first-order valence-corrected chi connectivity index (χ1v) is 16.9. The van der Waals surface area contributed by atoms with Crippen molar-refractivity contribution < 1.29 is 41.0 Å². The second-order valence-corrected chi connectivity index (χ2v) is 13.3. The van der Waals surface area contributed by atoms with Crippen LogP contribution in [0.15, 0.2) is 97.1 Å². The Hall–Kier alpha value is -3.78. The molecule has 1 aliphatic carbocycles. The predicted molar refractivity (Wildman–Crippen MR) is 171 cm³/mol. The quantitative estimate of drug-likeness (QED) is 0.126. The van der Waals surface area contributed by atoms with Gasteiger partial charge in [-0.1, -0.05) is 0 Å². The Bertz CT molecular complexity index is 1570. The van der Waals surface area contributed by atoms with Crippen LogP contribution in [0.3, 0.4) is 0 Å². The first-order chi connectivity index (χ1) is 21.8. The molecular weight excluding hydrogens is 611 g/mol. The van der Waals surface area contributed by atoms with E-state index >= 15 is 0 Å². The maximum absolute atomic E-state index is 13.3. The minimum atomic E-state index is -2.08. The summed E-state index contributed by atoms with van der Waals surface area (Å²) in [4.78, 5) is 11.3. The van der Waals surface area contributed by atoms with Gasteiger partial charge in [0, 0.05) is 6.92 Å². The van der Waals surface area contributed by atoms with Gasteiger partial charge in [-0.25, -0.2) is 0 Å². The van der Waals surface area contributed by atoms with Crippen LogP contribution in [0.5, 0.6) is 17.2 Å². The molecule has 0 aromatic heterocycles. The number of ether oxygens (including phenoxy) is 2. The van der Waals surface area contributed by atoms with E-state index in [0.29, 0.717) is 22.4 Å². The third-order valence-corrected chi connectivity index (χ3v) is 10.4. The summed E-state index contributed by atoms with van der Waals surface area (Å²) in [5, 5.41) is 9.59. The molecule has 4 aromatic rings. The molecule has 5 rings (SSSR count). The standard InChI is InChI=1S/C19H22O4.C19H21O.Co.O/c1-14(21)23-18-10-6-16(7-11-18)19(2,12-3-13-20)15-4-8-17(22)9-5-15;1-20-18-12-10-17(11-13-18)19(14-6-3-7-15-19)16-8-4-2-5-9-16;;/h4-11,20,22H,3,12-13H2,1-2H3;4-5,8-13H,3,6-7,14-15H2,1H3;;/q;;+1;/p-1. The van der Waals surface area contributed by atoms with Crippen molar-refractivity contribution in [1.82, 2.24) is 0 Å². The van der Waals surface area contributed by atoms with E-state index in [0.717, 1.165) is 36.1 Å². The van der Waals surface area contributed by atoms with Gasteiger partial charge in [0.1, 0.15) is 0 Å². The number of methoxy groups -OCH3 is 1. The fourth-order valence-electron chi connectivity index (χ4n) is 6.59. The monoisotopic (exact) mass is 653 g/mol. The Morgan fingerprint density at radius 1 is 0.778 bits per heavy atom. The predicted octanol–water partition coefficient (Wildman–Crippen LogP) is 7.53. The number of carbonyl (C=O) groups is 1. The van der Waals surface area contributed by atoms with Gasteiger partial charge >= 0.3 is 260 Å². The molecule has 1 saturated carbocycles. The zero-order valence-electron chi connectivity index (χ0n) is 26.2. The molecule has 6 nitrogen and oxygen atoms in total. The van der Waals surface area contributed by atoms with Crippen molar-refractivity contribution in [2.75, 3.05) is 13.7 Å². The average Bonchev–Trinajstić information content (AvgIpc) is 3.08. The van der Waals surface area contributed by atoms with E-state index < -0.39 is 19.3 Å². The number of hydrogen-bond donors (Lipinski definition) is 1. The van der Waals surface area contributed by atoms with E-state index in [2.05, 4.69) is 31.2 Å². The van der Waals surface area contributed by atoms with Gasteiger partial charge in [0.05, 0.1) is 0 Å². The normalized spacial score (nSPS) is 15.9. The number of carbonyl (C=O) groups excluding carboxylic acids is 1. The van der Waals surface area contributed by atoms with Crippen molar-refractivity contribution in [3.63, 3.8) is 0 Å². The van der Waals surface area contributed by atoms with Crippen molar-refractivity contribution in [1.29, 1.82) is 0 Å². The molecule has 45 heavy (non-hydrogen) atoms. The Labute approximate surface area is 270 Å². The van der Waals surface area contributed by atoms with Crippen LogP contribution in [0.1, 0.15) is 81.0 Å². The van der Waals surface area contributed by atoms with Crippen molar-refractivity contribution in [2.24, 2.45) is 0 Å². The van der Waals surface area contributed by atoms with Crippen molar-refractivity contribution in [3.05, 3.63) is 119 Å². The summed E-state index contributed by atoms with van der Waals surface area (Å²) < 4.78 is 30.5. The summed E-state index contributed by atoms with van der Waals surface area (Å²) in [6.45, 7) is 3.59. The van der Waals surface area contributed by atoms with E-state index in [1.165, 1.54) is 37.3 Å². The summed E-state index contributed by atoms with van der Waals surface area (Å²) in [7, 11) is 1.69. The number of esters is 1. The molecule has 239 valence electrons.